The molecule has 1 atom stereocenters. The molecule has 1 fully saturated rings. The third kappa shape index (κ3) is 3.93. The van der Waals surface area contributed by atoms with Crippen molar-refractivity contribution in [1.29, 1.82) is 0 Å². The van der Waals surface area contributed by atoms with Gasteiger partial charge in [0.2, 0.25) is 5.91 Å². The number of ether oxygens (including phenoxy) is 1. The number of halogens is 1. The molecule has 2 rings (SSSR count). The summed E-state index contributed by atoms with van der Waals surface area (Å²) in [5, 5.41) is 0. The van der Waals surface area contributed by atoms with Crippen LogP contribution in [0.5, 0.6) is 0 Å². The number of hydrogen-bond donors (Lipinski definition) is 1. The lowest BCUT2D eigenvalue weighted by atomic mass is 9.91. The zero-order valence-electron chi connectivity index (χ0n) is 11.1. The van der Waals surface area contributed by atoms with Crippen LogP contribution in [-0.4, -0.2) is 32.2 Å². The molecule has 1 aromatic rings. The van der Waals surface area contributed by atoms with E-state index in [9.17, 15) is 4.79 Å². The van der Waals surface area contributed by atoms with Gasteiger partial charge < -0.3 is 15.4 Å². The van der Waals surface area contributed by atoms with E-state index < -0.39 is 6.04 Å². The van der Waals surface area contributed by atoms with Crippen molar-refractivity contribution in [2.24, 2.45) is 11.7 Å². The van der Waals surface area contributed by atoms with E-state index >= 15 is 0 Å². The summed E-state index contributed by atoms with van der Waals surface area (Å²) < 4.78 is 5.29. The fourth-order valence-electron chi connectivity index (χ4n) is 2.28. The van der Waals surface area contributed by atoms with Crippen LogP contribution in [-0.2, 0) is 9.53 Å². The normalized spacial score (nSPS) is 17.4. The van der Waals surface area contributed by atoms with Gasteiger partial charge in [0.05, 0.1) is 6.04 Å². The lowest BCUT2D eigenvalue weighted by Crippen LogP contribution is -2.47. The number of nitrogens with zero attached hydrogens (tertiary/aromatic N) is 1. The molecule has 2 N–H and O–H groups in total. The van der Waals surface area contributed by atoms with Gasteiger partial charge in [-0.25, -0.2) is 0 Å². The largest absolute Gasteiger partial charge is 0.381 e. The van der Waals surface area contributed by atoms with Crippen molar-refractivity contribution in [3.63, 3.8) is 0 Å². The summed E-state index contributed by atoms with van der Waals surface area (Å²) in [6.07, 6.45) is 1.74. The maximum Gasteiger partial charge on any atom is 0.243 e. The van der Waals surface area contributed by atoms with Gasteiger partial charge in [0.1, 0.15) is 0 Å². The molecule has 0 aliphatic carbocycles. The van der Waals surface area contributed by atoms with Crippen LogP contribution in [0.15, 0.2) is 30.3 Å². The summed E-state index contributed by atoms with van der Waals surface area (Å²) >= 11 is 0. The second kappa shape index (κ2) is 7.48. The molecule has 1 amide bonds. The van der Waals surface area contributed by atoms with Crippen molar-refractivity contribution in [3.8, 4) is 0 Å². The molecule has 1 aromatic carbocycles. The molecular weight excluding hydrogens is 264 g/mol. The number of carbonyl (C=O) groups is 1. The van der Waals surface area contributed by atoms with Gasteiger partial charge in [0.15, 0.2) is 0 Å². The molecule has 0 saturated carbocycles. The summed E-state index contributed by atoms with van der Waals surface area (Å²) in [7, 11) is 1.77. The minimum Gasteiger partial charge on any atom is -0.381 e. The molecule has 0 bridgehead atoms. The lowest BCUT2D eigenvalue weighted by molar-refractivity contribution is -0.121. The standard InChI is InChI=1S/C14H20N2O2.ClH/c1-16(12-5-3-2-4-6-12)14(17)13(15)11-7-9-18-10-8-11;/h2-6,11,13H,7-10,15H2,1H3;1H. The Morgan fingerprint density at radius 2 is 1.89 bits per heavy atom. The minimum atomic E-state index is -0.431. The quantitative estimate of drug-likeness (QED) is 0.921. The van der Waals surface area contributed by atoms with E-state index in [4.69, 9.17) is 10.5 Å². The monoisotopic (exact) mass is 284 g/mol. The SMILES string of the molecule is CN(C(=O)C(N)C1CCOCC1)c1ccccc1.Cl. The first kappa shape index (κ1) is 16.0. The van der Waals surface area contributed by atoms with Gasteiger partial charge in [-0.05, 0) is 30.9 Å². The molecule has 19 heavy (non-hydrogen) atoms. The zero-order chi connectivity index (χ0) is 13.0. The minimum absolute atomic E-state index is 0. The van der Waals surface area contributed by atoms with Crippen LogP contribution in [0.25, 0.3) is 0 Å². The van der Waals surface area contributed by atoms with Crippen molar-refractivity contribution in [2.45, 2.75) is 18.9 Å². The number of benzene rings is 1. The summed E-state index contributed by atoms with van der Waals surface area (Å²) in [6.45, 7) is 1.42. The highest BCUT2D eigenvalue weighted by molar-refractivity contribution is 5.96. The summed E-state index contributed by atoms with van der Waals surface area (Å²) in [6, 6.07) is 9.15. The Kier molecular flexibility index (Phi) is 6.28. The van der Waals surface area contributed by atoms with Gasteiger partial charge in [0, 0.05) is 25.9 Å². The maximum atomic E-state index is 12.3. The molecule has 0 spiro atoms. The van der Waals surface area contributed by atoms with E-state index in [1.807, 2.05) is 30.3 Å². The second-order valence-electron chi connectivity index (χ2n) is 4.71. The Morgan fingerprint density at radius 1 is 1.32 bits per heavy atom. The van der Waals surface area contributed by atoms with Gasteiger partial charge in [0.25, 0.3) is 0 Å². The number of hydrogen-bond acceptors (Lipinski definition) is 3. The van der Waals surface area contributed by atoms with Crippen LogP contribution in [0.2, 0.25) is 0 Å². The molecule has 1 aliphatic rings. The Hall–Kier alpha value is -1.10. The topological polar surface area (TPSA) is 55.6 Å². The molecular formula is C14H21ClN2O2. The highest BCUT2D eigenvalue weighted by atomic mass is 35.5. The summed E-state index contributed by atoms with van der Waals surface area (Å²) in [4.78, 5) is 13.9. The average Bonchev–Trinajstić information content (AvgIpc) is 2.47. The Labute approximate surface area is 120 Å². The van der Waals surface area contributed by atoms with Crippen LogP contribution in [0.3, 0.4) is 0 Å². The number of anilines is 1. The van der Waals surface area contributed by atoms with Crippen molar-refractivity contribution in [2.75, 3.05) is 25.2 Å². The molecule has 0 aromatic heterocycles. The first-order valence-electron chi connectivity index (χ1n) is 6.36. The third-order valence-corrected chi connectivity index (χ3v) is 3.53. The lowest BCUT2D eigenvalue weighted by Gasteiger charge is -2.29. The molecule has 4 nitrogen and oxygen atoms in total. The fourth-order valence-corrected chi connectivity index (χ4v) is 2.28. The number of amides is 1. The van der Waals surface area contributed by atoms with Crippen molar-refractivity contribution in [1.82, 2.24) is 0 Å². The van der Waals surface area contributed by atoms with Crippen LogP contribution in [0, 0.1) is 5.92 Å². The van der Waals surface area contributed by atoms with Gasteiger partial charge >= 0.3 is 0 Å². The predicted molar refractivity (Wildman–Crippen MR) is 78.6 cm³/mol. The predicted octanol–water partition coefficient (Wildman–Crippen LogP) is 1.83. The molecule has 1 aliphatic heterocycles. The molecule has 106 valence electrons. The number of rotatable bonds is 3. The summed E-state index contributed by atoms with van der Waals surface area (Å²) in [5.74, 6) is 0.213. The highest BCUT2D eigenvalue weighted by Gasteiger charge is 2.28. The van der Waals surface area contributed by atoms with Gasteiger partial charge in [-0.3, -0.25) is 4.79 Å². The third-order valence-electron chi connectivity index (χ3n) is 3.53. The van der Waals surface area contributed by atoms with Gasteiger partial charge in [-0.1, -0.05) is 18.2 Å². The van der Waals surface area contributed by atoms with Gasteiger partial charge in [-0.15, -0.1) is 12.4 Å². The molecule has 1 unspecified atom stereocenters. The van der Waals surface area contributed by atoms with E-state index in [1.165, 1.54) is 0 Å². The van der Waals surface area contributed by atoms with E-state index in [0.717, 1.165) is 18.5 Å². The molecule has 1 saturated heterocycles. The molecule has 5 heteroatoms. The Bertz CT molecular complexity index is 394. The molecule has 0 radical (unpaired) electrons. The summed E-state index contributed by atoms with van der Waals surface area (Å²) in [5.41, 5.74) is 6.96. The number of likely N-dealkylation sites (N-methyl/N-ethyl adjacent to an activating group) is 1. The van der Waals surface area contributed by atoms with Crippen molar-refractivity contribution >= 4 is 24.0 Å². The number of para-hydroxylation sites is 1. The van der Waals surface area contributed by atoms with Crippen LogP contribution < -0.4 is 10.6 Å². The van der Waals surface area contributed by atoms with E-state index in [-0.39, 0.29) is 24.2 Å². The first-order chi connectivity index (χ1) is 8.70. The fraction of sp³-hybridized carbons (Fsp3) is 0.500. The van der Waals surface area contributed by atoms with Crippen molar-refractivity contribution < 1.29 is 9.53 Å². The Balaban J connectivity index is 0.00000180. The Morgan fingerprint density at radius 3 is 2.47 bits per heavy atom. The van der Waals surface area contributed by atoms with Gasteiger partial charge in [-0.2, -0.15) is 0 Å². The zero-order valence-corrected chi connectivity index (χ0v) is 11.9. The second-order valence-corrected chi connectivity index (χ2v) is 4.71. The number of carbonyl (C=O) groups excluding carboxylic acids is 1. The van der Waals surface area contributed by atoms with Crippen molar-refractivity contribution in [3.05, 3.63) is 30.3 Å². The average molecular weight is 285 g/mol. The highest BCUT2D eigenvalue weighted by Crippen LogP contribution is 2.20. The maximum absolute atomic E-state index is 12.3. The van der Waals surface area contributed by atoms with E-state index in [2.05, 4.69) is 0 Å². The molecule has 1 heterocycles. The smallest absolute Gasteiger partial charge is 0.243 e. The van der Waals surface area contributed by atoms with Crippen LogP contribution >= 0.6 is 12.4 Å². The first-order valence-corrected chi connectivity index (χ1v) is 6.36. The van der Waals surface area contributed by atoms with E-state index in [0.29, 0.717) is 13.2 Å². The van der Waals surface area contributed by atoms with Crippen LogP contribution in [0.1, 0.15) is 12.8 Å². The van der Waals surface area contributed by atoms with Crippen LogP contribution in [0.4, 0.5) is 5.69 Å². The van der Waals surface area contributed by atoms with E-state index in [1.54, 1.807) is 11.9 Å². The number of nitrogens with two attached hydrogens (primary N) is 1.